The molecule has 0 aliphatic rings. The first-order valence-corrected chi connectivity index (χ1v) is 5.22. The summed E-state index contributed by atoms with van der Waals surface area (Å²) in [5.74, 6) is -2.42. The predicted octanol–water partition coefficient (Wildman–Crippen LogP) is -2.01. The standard InChI is InChI=1S/C13H14O4.Li/c1-3-17-13(16)12(15)8-11(14)10-7-5-4-6-9(10)2;/h4-8,15H,3H2,1-2H3;/q;+1/p-1. The summed E-state index contributed by atoms with van der Waals surface area (Å²) >= 11 is 0. The maximum Gasteiger partial charge on any atom is 1.00 e. The van der Waals surface area contributed by atoms with Crippen LogP contribution in [0.3, 0.4) is 0 Å². The summed E-state index contributed by atoms with van der Waals surface area (Å²) in [7, 11) is 0. The first-order valence-electron chi connectivity index (χ1n) is 5.22. The molecule has 0 N–H and O–H groups in total. The Kier molecular flexibility index (Phi) is 7.11. The van der Waals surface area contributed by atoms with Gasteiger partial charge in [0, 0.05) is 5.56 Å². The normalized spacial score (nSPS) is 10.4. The number of rotatable bonds is 4. The molecular weight excluding hydrogens is 227 g/mol. The van der Waals surface area contributed by atoms with Gasteiger partial charge in [-0.3, -0.25) is 4.79 Å². The molecule has 0 atom stereocenters. The third-order valence-corrected chi connectivity index (χ3v) is 2.15. The van der Waals surface area contributed by atoms with E-state index >= 15 is 0 Å². The SMILES string of the molecule is CCOC(=O)C([O-])=CC(=O)c1ccccc1C.[Li+]. The Morgan fingerprint density at radius 2 is 1.94 bits per heavy atom. The minimum Gasteiger partial charge on any atom is -0.867 e. The van der Waals surface area contributed by atoms with E-state index in [-0.39, 0.29) is 25.5 Å². The van der Waals surface area contributed by atoms with Gasteiger partial charge in [0.2, 0.25) is 0 Å². The van der Waals surface area contributed by atoms with Crippen molar-refractivity contribution in [3.8, 4) is 0 Å². The van der Waals surface area contributed by atoms with E-state index in [1.165, 1.54) is 0 Å². The zero-order chi connectivity index (χ0) is 12.8. The van der Waals surface area contributed by atoms with Crippen LogP contribution in [0.2, 0.25) is 0 Å². The second-order valence-corrected chi connectivity index (χ2v) is 3.41. The molecule has 5 heteroatoms. The summed E-state index contributed by atoms with van der Waals surface area (Å²) < 4.78 is 4.50. The van der Waals surface area contributed by atoms with E-state index in [1.54, 1.807) is 38.1 Å². The monoisotopic (exact) mass is 240 g/mol. The van der Waals surface area contributed by atoms with E-state index in [9.17, 15) is 14.7 Å². The summed E-state index contributed by atoms with van der Waals surface area (Å²) in [6.45, 7) is 3.46. The van der Waals surface area contributed by atoms with Crippen molar-refractivity contribution in [2.24, 2.45) is 0 Å². The zero-order valence-corrected chi connectivity index (χ0v) is 10.7. The number of esters is 1. The molecule has 0 amide bonds. The van der Waals surface area contributed by atoms with E-state index in [0.717, 1.165) is 11.6 Å². The van der Waals surface area contributed by atoms with Crippen LogP contribution >= 0.6 is 0 Å². The largest absolute Gasteiger partial charge is 1.00 e. The van der Waals surface area contributed by atoms with Crippen LogP contribution in [0.5, 0.6) is 0 Å². The zero-order valence-electron chi connectivity index (χ0n) is 10.7. The number of allylic oxidation sites excluding steroid dienone is 1. The number of carbonyl (C=O) groups excluding carboxylic acids is 2. The van der Waals surface area contributed by atoms with Crippen molar-refractivity contribution in [1.82, 2.24) is 0 Å². The maximum absolute atomic E-state index is 11.7. The average molecular weight is 240 g/mol. The van der Waals surface area contributed by atoms with E-state index < -0.39 is 17.5 Å². The third-order valence-electron chi connectivity index (χ3n) is 2.15. The van der Waals surface area contributed by atoms with Crippen molar-refractivity contribution in [2.45, 2.75) is 13.8 Å². The van der Waals surface area contributed by atoms with Gasteiger partial charge in [-0.15, -0.1) is 0 Å². The molecule has 0 aliphatic heterocycles. The molecule has 0 aliphatic carbocycles. The molecule has 0 saturated carbocycles. The maximum atomic E-state index is 11.7. The number of hydrogen-bond donors (Lipinski definition) is 0. The van der Waals surface area contributed by atoms with Crippen LogP contribution in [0.15, 0.2) is 36.1 Å². The van der Waals surface area contributed by atoms with Crippen LogP contribution in [-0.4, -0.2) is 18.4 Å². The van der Waals surface area contributed by atoms with Gasteiger partial charge in [0.25, 0.3) is 0 Å². The van der Waals surface area contributed by atoms with Crippen molar-refractivity contribution in [1.29, 1.82) is 0 Å². The van der Waals surface area contributed by atoms with Gasteiger partial charge in [0.1, 0.15) is 0 Å². The van der Waals surface area contributed by atoms with Crippen LogP contribution in [0.4, 0.5) is 0 Å². The third kappa shape index (κ3) is 4.40. The fourth-order valence-electron chi connectivity index (χ4n) is 1.31. The van der Waals surface area contributed by atoms with Crippen molar-refractivity contribution in [2.75, 3.05) is 6.61 Å². The first-order chi connectivity index (χ1) is 8.06. The Morgan fingerprint density at radius 1 is 1.33 bits per heavy atom. The smallest absolute Gasteiger partial charge is 0.867 e. The Morgan fingerprint density at radius 3 is 2.50 bits per heavy atom. The van der Waals surface area contributed by atoms with Crippen molar-refractivity contribution < 1.29 is 38.3 Å². The van der Waals surface area contributed by atoms with E-state index in [2.05, 4.69) is 4.74 Å². The fraction of sp³-hybridized carbons (Fsp3) is 0.231. The Balaban J connectivity index is 0.00000289. The second kappa shape index (κ2) is 7.75. The molecule has 0 bridgehead atoms. The van der Waals surface area contributed by atoms with Crippen LogP contribution in [0.25, 0.3) is 0 Å². The number of ether oxygens (including phenoxy) is 1. The molecule has 0 heterocycles. The molecule has 90 valence electrons. The van der Waals surface area contributed by atoms with Gasteiger partial charge in [0.05, 0.1) is 6.61 Å². The van der Waals surface area contributed by atoms with E-state index in [0.29, 0.717) is 5.56 Å². The van der Waals surface area contributed by atoms with Gasteiger partial charge < -0.3 is 9.84 Å². The average Bonchev–Trinajstić information content (AvgIpc) is 2.29. The molecule has 18 heavy (non-hydrogen) atoms. The van der Waals surface area contributed by atoms with Gasteiger partial charge >= 0.3 is 24.8 Å². The van der Waals surface area contributed by atoms with Crippen molar-refractivity contribution in [3.05, 3.63) is 47.2 Å². The Bertz CT molecular complexity index is 466. The Hall–Kier alpha value is -1.50. The van der Waals surface area contributed by atoms with E-state index in [1.807, 2.05) is 0 Å². The molecule has 4 nitrogen and oxygen atoms in total. The minimum atomic E-state index is -1.01. The number of aryl methyl sites for hydroxylation is 1. The predicted molar refractivity (Wildman–Crippen MR) is 60.2 cm³/mol. The molecule has 0 spiro atoms. The topological polar surface area (TPSA) is 66.4 Å². The number of ketones is 1. The number of benzene rings is 1. The van der Waals surface area contributed by atoms with Crippen LogP contribution < -0.4 is 24.0 Å². The van der Waals surface area contributed by atoms with Gasteiger partial charge in [0.15, 0.2) is 5.78 Å². The Labute approximate surface area is 118 Å². The van der Waals surface area contributed by atoms with Crippen molar-refractivity contribution >= 4 is 11.8 Å². The fourth-order valence-corrected chi connectivity index (χ4v) is 1.31. The van der Waals surface area contributed by atoms with Crippen LogP contribution in [0, 0.1) is 6.92 Å². The van der Waals surface area contributed by atoms with Crippen LogP contribution in [0.1, 0.15) is 22.8 Å². The summed E-state index contributed by atoms with van der Waals surface area (Å²) in [6, 6.07) is 6.85. The summed E-state index contributed by atoms with van der Waals surface area (Å²) in [4.78, 5) is 22.7. The van der Waals surface area contributed by atoms with Gasteiger partial charge in [-0.05, 0) is 31.2 Å². The second-order valence-electron chi connectivity index (χ2n) is 3.41. The van der Waals surface area contributed by atoms with Crippen molar-refractivity contribution in [3.63, 3.8) is 0 Å². The molecule has 0 unspecified atom stereocenters. The summed E-state index contributed by atoms with van der Waals surface area (Å²) in [5.41, 5.74) is 1.16. The molecular formula is C13H13LiO4. The molecule has 1 rings (SSSR count). The van der Waals surface area contributed by atoms with Gasteiger partial charge in [-0.1, -0.05) is 24.3 Å². The minimum absolute atomic E-state index is 0. The molecule has 1 aromatic carbocycles. The molecule has 0 fully saturated rings. The first kappa shape index (κ1) is 16.5. The number of carbonyl (C=O) groups is 2. The van der Waals surface area contributed by atoms with E-state index in [4.69, 9.17) is 0 Å². The van der Waals surface area contributed by atoms with Gasteiger partial charge in [-0.25, -0.2) is 4.79 Å². The van der Waals surface area contributed by atoms with Crippen LogP contribution in [-0.2, 0) is 9.53 Å². The molecule has 1 aromatic rings. The molecule has 0 radical (unpaired) electrons. The van der Waals surface area contributed by atoms with Gasteiger partial charge in [-0.2, -0.15) is 0 Å². The molecule has 0 aromatic heterocycles. The summed E-state index contributed by atoms with van der Waals surface area (Å²) in [5, 5.41) is 11.3. The molecule has 0 saturated heterocycles. The quantitative estimate of drug-likeness (QED) is 0.200. The summed E-state index contributed by atoms with van der Waals surface area (Å²) in [6.07, 6.45) is 0.764. The number of hydrogen-bond acceptors (Lipinski definition) is 4.